The summed E-state index contributed by atoms with van der Waals surface area (Å²) in [6.07, 6.45) is 17.2. The standard InChI is InChI=1S/2C10H9.C2H7Si.2ClH.Zr/c2*1-2-6-9(5-1)10-7-3-4-8-10;1-3-2;;;/h2*1-9H;3H,1-2H3;2*1H;/q2*-1;;;;+4/p-2. The number of rotatable bonds is 2. The molecule has 0 heterocycles. The van der Waals surface area contributed by atoms with Crippen LogP contribution in [0.1, 0.15) is 23.0 Å². The van der Waals surface area contributed by atoms with Crippen molar-refractivity contribution in [2.45, 2.75) is 24.9 Å². The largest absolute Gasteiger partial charge is 4.00 e. The molecule has 26 heavy (non-hydrogen) atoms. The normalized spacial score (nSPS) is 13.6. The smallest absolute Gasteiger partial charge is 1.00 e. The van der Waals surface area contributed by atoms with Gasteiger partial charge in [-0.3, -0.25) is 0 Å². The first-order chi connectivity index (χ1) is 11.3. The Morgan fingerprint density at radius 2 is 0.808 bits per heavy atom. The summed E-state index contributed by atoms with van der Waals surface area (Å²) in [7, 11) is 0.750. The quantitative estimate of drug-likeness (QED) is 0.412. The summed E-state index contributed by atoms with van der Waals surface area (Å²) in [6, 6.07) is 16.9. The van der Waals surface area contributed by atoms with Gasteiger partial charge in [-0.25, -0.2) is 24.3 Å². The maximum absolute atomic E-state index is 2.21. The van der Waals surface area contributed by atoms with Crippen molar-refractivity contribution >= 4 is 9.52 Å². The van der Waals surface area contributed by atoms with Gasteiger partial charge in [-0.05, 0) is 11.8 Å². The molecule has 2 aliphatic rings. The Bertz CT molecular complexity index is 570. The van der Waals surface area contributed by atoms with Crippen LogP contribution >= 0.6 is 0 Å². The Kier molecular flexibility index (Phi) is 17.5. The van der Waals surface area contributed by atoms with Crippen LogP contribution in [0, 0.1) is 0 Å². The van der Waals surface area contributed by atoms with Gasteiger partial charge in [0.05, 0.1) is 0 Å². The number of hydrogen-bond donors (Lipinski definition) is 0. The average molecular weight is 480 g/mol. The molecule has 0 spiro atoms. The Morgan fingerprint density at radius 1 is 0.577 bits per heavy atom. The second-order valence-corrected chi connectivity index (χ2v) is 6.76. The van der Waals surface area contributed by atoms with E-state index in [0.29, 0.717) is 11.8 Å². The molecule has 135 valence electrons. The topological polar surface area (TPSA) is 0 Å². The van der Waals surface area contributed by atoms with E-state index in [4.69, 9.17) is 0 Å². The van der Waals surface area contributed by atoms with Crippen LogP contribution in [0.5, 0.6) is 0 Å². The molecule has 0 saturated carbocycles. The minimum absolute atomic E-state index is 0. The summed E-state index contributed by atoms with van der Waals surface area (Å²) in [5, 5.41) is 0. The van der Waals surface area contributed by atoms with Gasteiger partial charge in [0.2, 0.25) is 0 Å². The molecule has 0 aromatic heterocycles. The molecule has 1 radical (unpaired) electrons. The summed E-state index contributed by atoms with van der Waals surface area (Å²) in [5.74, 6) is 1.07. The molecular weight excluding hydrogens is 454 g/mol. The summed E-state index contributed by atoms with van der Waals surface area (Å²) in [6.45, 7) is 4.42. The van der Waals surface area contributed by atoms with Gasteiger partial charge in [0.1, 0.15) is 0 Å². The summed E-state index contributed by atoms with van der Waals surface area (Å²) in [4.78, 5) is 0. The Balaban J connectivity index is 0. The van der Waals surface area contributed by atoms with Crippen molar-refractivity contribution in [2.24, 2.45) is 0 Å². The summed E-state index contributed by atoms with van der Waals surface area (Å²) in [5.41, 5.74) is 2.79. The minimum atomic E-state index is 0. The predicted molar refractivity (Wildman–Crippen MR) is 105 cm³/mol. The molecule has 4 heteroatoms. The molecule has 0 N–H and O–H groups in total. The zero-order valence-corrected chi connectivity index (χ0v) is 20.4. The first-order valence-electron chi connectivity index (χ1n) is 8.22. The number of hydrogen-bond acceptors (Lipinski definition) is 0. The fourth-order valence-corrected chi connectivity index (χ4v) is 2.53. The van der Waals surface area contributed by atoms with Crippen LogP contribution in [0.15, 0.2) is 97.1 Å². The van der Waals surface area contributed by atoms with Gasteiger partial charge in [0.25, 0.3) is 0 Å². The van der Waals surface area contributed by atoms with Crippen LogP contribution in [0.2, 0.25) is 13.1 Å². The molecule has 2 aliphatic carbocycles. The SMILES string of the molecule is C1=CC([c-]2cccc2)C=C1.C1=CC([c-]2cccc2)C=C1.C[SiH]C.[Cl-].[Cl-].[Zr+4]. The van der Waals surface area contributed by atoms with E-state index < -0.39 is 0 Å². The van der Waals surface area contributed by atoms with Crippen molar-refractivity contribution in [1.29, 1.82) is 0 Å². The third-order valence-electron chi connectivity index (χ3n) is 3.64. The molecule has 0 aliphatic heterocycles. The van der Waals surface area contributed by atoms with E-state index in [1.807, 2.05) is 0 Å². The number of allylic oxidation sites excluding steroid dienone is 8. The fourth-order valence-electron chi connectivity index (χ4n) is 2.53. The zero-order chi connectivity index (χ0) is 16.3. The first kappa shape index (κ1) is 27.6. The van der Waals surface area contributed by atoms with E-state index in [0.717, 1.165) is 9.52 Å². The summed E-state index contributed by atoms with van der Waals surface area (Å²) >= 11 is 0. The van der Waals surface area contributed by atoms with Crippen LogP contribution < -0.4 is 24.8 Å². The molecule has 0 bridgehead atoms. The van der Waals surface area contributed by atoms with Gasteiger partial charge >= 0.3 is 26.2 Å². The van der Waals surface area contributed by atoms with Crippen molar-refractivity contribution < 1.29 is 51.0 Å². The third-order valence-corrected chi connectivity index (χ3v) is 3.64. The van der Waals surface area contributed by atoms with Gasteiger partial charge in [0.15, 0.2) is 0 Å². The second kappa shape index (κ2) is 16.5. The monoisotopic (exact) mass is 477 g/mol. The molecule has 0 atom stereocenters. The molecule has 0 saturated heterocycles. The molecule has 2 aromatic carbocycles. The van der Waals surface area contributed by atoms with Crippen LogP contribution in [-0.2, 0) is 26.2 Å². The van der Waals surface area contributed by atoms with E-state index in [9.17, 15) is 0 Å². The van der Waals surface area contributed by atoms with Crippen molar-refractivity contribution in [3.05, 3.63) is 108 Å². The number of halogens is 2. The second-order valence-electron chi connectivity index (χ2n) is 5.60. The van der Waals surface area contributed by atoms with Crippen LogP contribution in [0.3, 0.4) is 0 Å². The van der Waals surface area contributed by atoms with Gasteiger partial charge in [-0.15, -0.1) is 11.1 Å². The Morgan fingerprint density at radius 3 is 1.04 bits per heavy atom. The van der Waals surface area contributed by atoms with Crippen molar-refractivity contribution in [3.63, 3.8) is 0 Å². The Labute approximate surface area is 192 Å². The first-order valence-corrected chi connectivity index (χ1v) is 10.5. The minimum Gasteiger partial charge on any atom is -1.00 e. The predicted octanol–water partition coefficient (Wildman–Crippen LogP) is -0.245. The molecule has 0 amide bonds. The van der Waals surface area contributed by atoms with E-state index in [1.165, 1.54) is 11.1 Å². The maximum Gasteiger partial charge on any atom is 4.00 e. The summed E-state index contributed by atoms with van der Waals surface area (Å²) < 4.78 is 0. The molecule has 2 aromatic rings. The van der Waals surface area contributed by atoms with Crippen LogP contribution in [0.25, 0.3) is 0 Å². The molecule has 0 nitrogen and oxygen atoms in total. The van der Waals surface area contributed by atoms with Gasteiger partial charge in [-0.2, -0.15) is 24.3 Å². The van der Waals surface area contributed by atoms with Crippen molar-refractivity contribution in [3.8, 4) is 0 Å². The van der Waals surface area contributed by atoms with Gasteiger partial charge in [-0.1, -0.05) is 61.7 Å². The Hall–Kier alpha value is -0.660. The van der Waals surface area contributed by atoms with E-state index in [2.05, 4.69) is 110 Å². The van der Waals surface area contributed by atoms with Gasteiger partial charge < -0.3 is 24.8 Å². The molecule has 0 unspecified atom stereocenters. The van der Waals surface area contributed by atoms with Crippen LogP contribution in [-0.4, -0.2) is 9.52 Å². The molecular formula is C22H25Cl2SiZr. The van der Waals surface area contributed by atoms with Crippen molar-refractivity contribution in [2.75, 3.05) is 0 Å². The van der Waals surface area contributed by atoms with E-state index in [1.54, 1.807) is 0 Å². The van der Waals surface area contributed by atoms with Gasteiger partial charge in [0, 0.05) is 9.52 Å². The fraction of sp³-hybridized carbons (Fsp3) is 0.182. The van der Waals surface area contributed by atoms with Crippen molar-refractivity contribution in [1.82, 2.24) is 0 Å². The average Bonchev–Trinajstić information content (AvgIpc) is 3.40. The third kappa shape index (κ3) is 9.33. The molecule has 0 fully saturated rings. The van der Waals surface area contributed by atoms with Crippen LogP contribution in [0.4, 0.5) is 0 Å². The van der Waals surface area contributed by atoms with E-state index in [-0.39, 0.29) is 51.0 Å². The maximum atomic E-state index is 2.21. The molecule has 4 rings (SSSR count). The zero-order valence-electron chi connectivity index (χ0n) is 15.2. The van der Waals surface area contributed by atoms with E-state index >= 15 is 0 Å².